The number of rotatable bonds is 5. The van der Waals surface area contributed by atoms with E-state index in [1.54, 1.807) is 7.11 Å². The molecule has 6 nitrogen and oxygen atoms in total. The lowest BCUT2D eigenvalue weighted by Crippen LogP contribution is -2.51. The Hall–Kier alpha value is -1.66. The van der Waals surface area contributed by atoms with Crippen LogP contribution in [0.4, 0.5) is 5.82 Å². The summed E-state index contributed by atoms with van der Waals surface area (Å²) in [6.45, 7) is 6.72. The molecule has 24 heavy (non-hydrogen) atoms. The molecule has 0 bridgehead atoms. The predicted octanol–water partition coefficient (Wildman–Crippen LogP) is 1.09. The maximum absolute atomic E-state index is 12.6. The van der Waals surface area contributed by atoms with Gasteiger partial charge in [0, 0.05) is 52.6 Å². The fourth-order valence-electron chi connectivity index (χ4n) is 3.63. The van der Waals surface area contributed by atoms with Crippen LogP contribution in [0.5, 0.6) is 0 Å². The number of aromatic nitrogens is 1. The number of methoxy groups -OCH3 is 1. The van der Waals surface area contributed by atoms with Gasteiger partial charge in [0.15, 0.2) is 0 Å². The Labute approximate surface area is 144 Å². The number of pyridine rings is 1. The summed E-state index contributed by atoms with van der Waals surface area (Å²) in [6.07, 6.45) is 4.09. The summed E-state index contributed by atoms with van der Waals surface area (Å²) in [5, 5.41) is 0. The number of likely N-dealkylation sites (tertiary alicyclic amines) is 1. The van der Waals surface area contributed by atoms with Crippen LogP contribution in [0, 0.1) is 5.92 Å². The van der Waals surface area contributed by atoms with E-state index in [0.717, 1.165) is 58.1 Å². The van der Waals surface area contributed by atoms with Gasteiger partial charge in [0.2, 0.25) is 5.91 Å². The zero-order valence-corrected chi connectivity index (χ0v) is 14.6. The Morgan fingerprint density at radius 3 is 2.79 bits per heavy atom. The minimum Gasteiger partial charge on any atom is -0.384 e. The number of carbonyl (C=O) groups excluding carboxylic acids is 1. The van der Waals surface area contributed by atoms with E-state index in [2.05, 4.69) is 14.8 Å². The summed E-state index contributed by atoms with van der Waals surface area (Å²) in [6, 6.07) is 6.00. The smallest absolute Gasteiger partial charge is 0.236 e. The number of anilines is 1. The molecule has 0 spiro atoms. The second-order valence-corrected chi connectivity index (χ2v) is 6.75. The molecular formula is C18H28N4O2. The maximum Gasteiger partial charge on any atom is 0.236 e. The van der Waals surface area contributed by atoms with Crippen molar-refractivity contribution in [3.05, 3.63) is 24.4 Å². The second-order valence-electron chi connectivity index (χ2n) is 6.75. The van der Waals surface area contributed by atoms with E-state index >= 15 is 0 Å². The summed E-state index contributed by atoms with van der Waals surface area (Å²) < 4.78 is 5.25. The molecule has 1 aromatic heterocycles. The molecule has 132 valence electrons. The molecule has 0 radical (unpaired) electrons. The summed E-state index contributed by atoms with van der Waals surface area (Å²) in [7, 11) is 1.74. The van der Waals surface area contributed by atoms with Crippen LogP contribution in [-0.4, -0.2) is 80.2 Å². The third-order valence-corrected chi connectivity index (χ3v) is 4.98. The predicted molar refractivity (Wildman–Crippen MR) is 94.1 cm³/mol. The number of ether oxygens (including phenoxy) is 1. The molecule has 2 fully saturated rings. The quantitative estimate of drug-likeness (QED) is 0.808. The summed E-state index contributed by atoms with van der Waals surface area (Å²) in [5.41, 5.74) is 0. The topological polar surface area (TPSA) is 48.9 Å². The zero-order chi connectivity index (χ0) is 16.8. The minimum atomic E-state index is 0.266. The molecule has 3 rings (SSSR count). The highest BCUT2D eigenvalue weighted by Crippen LogP contribution is 2.17. The Morgan fingerprint density at radius 1 is 1.25 bits per heavy atom. The molecule has 0 aliphatic carbocycles. The lowest BCUT2D eigenvalue weighted by molar-refractivity contribution is -0.134. The van der Waals surface area contributed by atoms with Crippen LogP contribution in [-0.2, 0) is 9.53 Å². The molecule has 2 aliphatic rings. The molecule has 0 N–H and O–H groups in total. The van der Waals surface area contributed by atoms with Crippen molar-refractivity contribution in [2.45, 2.75) is 12.8 Å². The highest BCUT2D eigenvalue weighted by atomic mass is 16.5. The zero-order valence-electron chi connectivity index (χ0n) is 14.6. The first-order valence-electron chi connectivity index (χ1n) is 8.91. The average Bonchev–Trinajstić information content (AvgIpc) is 2.64. The van der Waals surface area contributed by atoms with Crippen LogP contribution in [0.2, 0.25) is 0 Å². The van der Waals surface area contributed by atoms with Crippen LogP contribution in [0.15, 0.2) is 24.4 Å². The van der Waals surface area contributed by atoms with E-state index in [4.69, 9.17) is 4.74 Å². The number of carbonyl (C=O) groups is 1. The van der Waals surface area contributed by atoms with E-state index in [1.807, 2.05) is 29.3 Å². The number of amides is 1. The number of piperazine rings is 1. The van der Waals surface area contributed by atoms with Gasteiger partial charge in [-0.15, -0.1) is 0 Å². The van der Waals surface area contributed by atoms with E-state index in [0.29, 0.717) is 12.5 Å². The highest BCUT2D eigenvalue weighted by molar-refractivity contribution is 5.78. The van der Waals surface area contributed by atoms with Gasteiger partial charge in [-0.3, -0.25) is 9.69 Å². The normalized spacial score (nSPS) is 22.6. The van der Waals surface area contributed by atoms with Gasteiger partial charge in [-0.05, 0) is 30.9 Å². The molecule has 1 atom stereocenters. The standard InChI is InChI=1S/C18H28N4O2/c1-24-15-16-5-4-8-22(13-16)18(23)14-20-9-11-21(12-10-20)17-6-2-3-7-19-17/h2-3,6-7,16H,4-5,8-15H2,1H3. The lowest BCUT2D eigenvalue weighted by atomic mass is 9.99. The molecular weight excluding hydrogens is 304 g/mol. The largest absolute Gasteiger partial charge is 0.384 e. The molecule has 1 amide bonds. The van der Waals surface area contributed by atoms with Gasteiger partial charge in [-0.25, -0.2) is 4.98 Å². The van der Waals surface area contributed by atoms with Crippen molar-refractivity contribution >= 4 is 11.7 Å². The van der Waals surface area contributed by atoms with E-state index < -0.39 is 0 Å². The Balaban J connectivity index is 1.45. The Kier molecular flexibility index (Phi) is 6.04. The molecule has 2 aliphatic heterocycles. The molecule has 6 heteroatoms. The van der Waals surface area contributed by atoms with Crippen LogP contribution >= 0.6 is 0 Å². The Bertz CT molecular complexity index is 515. The van der Waals surface area contributed by atoms with Crippen molar-refractivity contribution < 1.29 is 9.53 Å². The van der Waals surface area contributed by atoms with Crippen molar-refractivity contribution in [2.75, 3.05) is 64.4 Å². The number of hydrogen-bond donors (Lipinski definition) is 0. The van der Waals surface area contributed by atoms with Crippen molar-refractivity contribution in [2.24, 2.45) is 5.92 Å². The first-order valence-corrected chi connectivity index (χ1v) is 8.91. The fourth-order valence-corrected chi connectivity index (χ4v) is 3.63. The van der Waals surface area contributed by atoms with Crippen molar-refractivity contribution in [3.63, 3.8) is 0 Å². The first kappa shape index (κ1) is 17.2. The van der Waals surface area contributed by atoms with E-state index in [-0.39, 0.29) is 5.91 Å². The van der Waals surface area contributed by atoms with E-state index in [1.165, 1.54) is 6.42 Å². The second kappa shape index (κ2) is 8.44. The average molecular weight is 332 g/mol. The lowest BCUT2D eigenvalue weighted by Gasteiger charge is -2.37. The summed E-state index contributed by atoms with van der Waals surface area (Å²) in [4.78, 5) is 23.6. The summed E-state index contributed by atoms with van der Waals surface area (Å²) in [5.74, 6) is 1.79. The summed E-state index contributed by atoms with van der Waals surface area (Å²) >= 11 is 0. The third kappa shape index (κ3) is 4.45. The van der Waals surface area contributed by atoms with Crippen LogP contribution in [0.3, 0.4) is 0 Å². The molecule has 3 heterocycles. The fraction of sp³-hybridized carbons (Fsp3) is 0.667. The van der Waals surface area contributed by atoms with Gasteiger partial charge in [-0.1, -0.05) is 6.07 Å². The van der Waals surface area contributed by atoms with E-state index in [9.17, 15) is 4.79 Å². The highest BCUT2D eigenvalue weighted by Gasteiger charge is 2.26. The maximum atomic E-state index is 12.6. The minimum absolute atomic E-state index is 0.266. The number of hydrogen-bond acceptors (Lipinski definition) is 5. The van der Waals surface area contributed by atoms with Crippen LogP contribution in [0.25, 0.3) is 0 Å². The molecule has 1 unspecified atom stereocenters. The number of piperidine rings is 1. The van der Waals surface area contributed by atoms with Gasteiger partial charge in [0.1, 0.15) is 5.82 Å². The van der Waals surface area contributed by atoms with Gasteiger partial charge >= 0.3 is 0 Å². The van der Waals surface area contributed by atoms with Crippen molar-refractivity contribution in [3.8, 4) is 0 Å². The molecule has 1 aromatic rings. The van der Waals surface area contributed by atoms with Gasteiger partial charge in [0.05, 0.1) is 13.2 Å². The van der Waals surface area contributed by atoms with Crippen LogP contribution in [0.1, 0.15) is 12.8 Å². The first-order chi connectivity index (χ1) is 11.8. The van der Waals surface area contributed by atoms with Crippen molar-refractivity contribution in [1.82, 2.24) is 14.8 Å². The molecule has 0 saturated carbocycles. The monoisotopic (exact) mass is 332 g/mol. The third-order valence-electron chi connectivity index (χ3n) is 4.98. The molecule has 2 saturated heterocycles. The van der Waals surface area contributed by atoms with Gasteiger partial charge in [-0.2, -0.15) is 0 Å². The van der Waals surface area contributed by atoms with Gasteiger partial charge in [0.25, 0.3) is 0 Å². The SMILES string of the molecule is COCC1CCCN(C(=O)CN2CCN(c3ccccn3)CC2)C1. The Morgan fingerprint density at radius 2 is 2.08 bits per heavy atom. The van der Waals surface area contributed by atoms with Gasteiger partial charge < -0.3 is 14.5 Å². The van der Waals surface area contributed by atoms with Crippen LogP contribution < -0.4 is 4.90 Å². The number of nitrogens with zero attached hydrogens (tertiary/aromatic N) is 4. The molecule has 0 aromatic carbocycles. The van der Waals surface area contributed by atoms with Crippen molar-refractivity contribution in [1.29, 1.82) is 0 Å².